The highest BCUT2D eigenvalue weighted by Crippen LogP contribution is 2.29. The predicted molar refractivity (Wildman–Crippen MR) is 114 cm³/mol. The maximum Gasteiger partial charge on any atom is 0.315 e. The van der Waals surface area contributed by atoms with Gasteiger partial charge in [-0.05, 0) is 44.2 Å². The third-order valence-corrected chi connectivity index (χ3v) is 5.68. The average molecular weight is 428 g/mol. The number of amides is 2. The van der Waals surface area contributed by atoms with Gasteiger partial charge >= 0.3 is 17.8 Å². The van der Waals surface area contributed by atoms with E-state index >= 15 is 0 Å². The Morgan fingerprint density at radius 2 is 1.73 bits per heavy atom. The fourth-order valence-corrected chi connectivity index (χ4v) is 4.20. The van der Waals surface area contributed by atoms with Gasteiger partial charge in [0.25, 0.3) is 0 Å². The molecule has 2 amide bonds. The number of halogens is 1. The summed E-state index contributed by atoms with van der Waals surface area (Å²) >= 11 is 5.97. The minimum absolute atomic E-state index is 0.149. The van der Waals surface area contributed by atoms with Crippen LogP contribution in [0.25, 0.3) is 0 Å². The molecule has 1 N–H and O–H groups in total. The number of nitrogens with one attached hydrogen (secondary N) is 1. The van der Waals surface area contributed by atoms with E-state index < -0.39 is 11.8 Å². The second-order valence-corrected chi connectivity index (χ2v) is 8.16. The largest absolute Gasteiger partial charge is 0.426 e. The van der Waals surface area contributed by atoms with E-state index in [1.165, 1.54) is 0 Å². The van der Waals surface area contributed by atoms with Gasteiger partial charge in [0, 0.05) is 53.2 Å². The van der Waals surface area contributed by atoms with Crippen LogP contribution in [-0.2, 0) is 20.8 Å². The molecule has 0 bridgehead atoms. The molecule has 1 fully saturated rings. The molecule has 2 aliphatic heterocycles. The highest BCUT2D eigenvalue weighted by molar-refractivity contribution is 6.39. The van der Waals surface area contributed by atoms with Crippen LogP contribution in [0.2, 0.25) is 5.02 Å². The Morgan fingerprint density at radius 1 is 1.07 bits per heavy atom. The van der Waals surface area contributed by atoms with Crippen molar-refractivity contribution in [3.05, 3.63) is 53.1 Å². The number of carbonyl (C=O) groups excluding carboxylic acids is 3. The van der Waals surface area contributed by atoms with Crippen LogP contribution in [0.1, 0.15) is 19.4 Å². The number of hydrogen-bond donors (Lipinski definition) is 1. The van der Waals surface area contributed by atoms with Crippen LogP contribution >= 0.6 is 11.6 Å². The molecule has 156 valence electrons. The van der Waals surface area contributed by atoms with E-state index in [1.54, 1.807) is 23.1 Å². The first-order valence-electron chi connectivity index (χ1n) is 9.79. The lowest BCUT2D eigenvalue weighted by Gasteiger charge is -2.45. The van der Waals surface area contributed by atoms with E-state index in [9.17, 15) is 14.4 Å². The van der Waals surface area contributed by atoms with Gasteiger partial charge < -0.3 is 19.9 Å². The molecular weight excluding hydrogens is 406 g/mol. The number of carbonyl (C=O) groups is 3. The van der Waals surface area contributed by atoms with Crippen molar-refractivity contribution in [2.24, 2.45) is 0 Å². The summed E-state index contributed by atoms with van der Waals surface area (Å²) in [5.74, 6) is -1.20. The van der Waals surface area contributed by atoms with Gasteiger partial charge in [-0.1, -0.05) is 17.7 Å². The van der Waals surface area contributed by atoms with Crippen molar-refractivity contribution in [3.8, 4) is 5.75 Å². The molecule has 2 aromatic rings. The van der Waals surface area contributed by atoms with Crippen molar-refractivity contribution in [1.29, 1.82) is 0 Å². The summed E-state index contributed by atoms with van der Waals surface area (Å²) in [4.78, 5) is 40.7. The van der Waals surface area contributed by atoms with Crippen molar-refractivity contribution in [3.63, 3.8) is 0 Å². The Hall–Kier alpha value is -3.06. The van der Waals surface area contributed by atoms with Crippen LogP contribution in [-0.4, -0.2) is 47.9 Å². The number of fused-ring (bicyclic) bond motifs is 1. The van der Waals surface area contributed by atoms with Crippen molar-refractivity contribution in [1.82, 2.24) is 4.90 Å². The van der Waals surface area contributed by atoms with Gasteiger partial charge in [0.1, 0.15) is 5.75 Å². The van der Waals surface area contributed by atoms with Gasteiger partial charge in [-0.3, -0.25) is 14.4 Å². The van der Waals surface area contributed by atoms with Gasteiger partial charge in [-0.15, -0.1) is 0 Å². The molecule has 0 aliphatic carbocycles. The van der Waals surface area contributed by atoms with E-state index in [4.69, 9.17) is 16.3 Å². The lowest BCUT2D eigenvalue weighted by molar-refractivity contribution is -0.146. The summed E-state index contributed by atoms with van der Waals surface area (Å²) < 4.78 is 5.10. The van der Waals surface area contributed by atoms with Crippen LogP contribution in [0.4, 0.5) is 11.4 Å². The number of piperazine rings is 1. The first-order chi connectivity index (χ1) is 14.3. The van der Waals surface area contributed by atoms with Gasteiger partial charge in [0.15, 0.2) is 0 Å². The Labute approximate surface area is 179 Å². The summed E-state index contributed by atoms with van der Waals surface area (Å²) in [5, 5.41) is 3.30. The zero-order valence-electron chi connectivity index (χ0n) is 16.7. The average Bonchev–Trinajstić information content (AvgIpc) is 3.07. The first kappa shape index (κ1) is 20.2. The molecule has 2 aliphatic rings. The fraction of sp³-hybridized carbons (Fsp3) is 0.318. The minimum Gasteiger partial charge on any atom is -0.426 e. The Kier molecular flexibility index (Phi) is 5.39. The minimum atomic E-state index is -0.710. The van der Waals surface area contributed by atoms with E-state index in [2.05, 4.69) is 10.2 Å². The Balaban J connectivity index is 1.43. The third-order valence-electron chi connectivity index (χ3n) is 5.42. The first-order valence-corrected chi connectivity index (χ1v) is 10.2. The molecule has 2 heterocycles. The van der Waals surface area contributed by atoms with Crippen molar-refractivity contribution < 1.29 is 19.1 Å². The second kappa shape index (κ2) is 7.99. The summed E-state index contributed by atoms with van der Waals surface area (Å²) in [5.41, 5.74) is 2.22. The molecular formula is C22H22ClN3O4. The molecule has 2 atom stereocenters. The van der Waals surface area contributed by atoms with Crippen LogP contribution in [0.3, 0.4) is 0 Å². The predicted octanol–water partition coefficient (Wildman–Crippen LogP) is 2.87. The number of hydrogen-bond acceptors (Lipinski definition) is 5. The molecule has 0 radical (unpaired) electrons. The molecule has 0 aromatic heterocycles. The van der Waals surface area contributed by atoms with Crippen LogP contribution in [0.5, 0.6) is 5.75 Å². The molecule has 4 rings (SSSR count). The van der Waals surface area contributed by atoms with Crippen LogP contribution < -0.4 is 15.0 Å². The molecule has 7 nitrogen and oxygen atoms in total. The Morgan fingerprint density at radius 3 is 2.40 bits per heavy atom. The zero-order valence-corrected chi connectivity index (χ0v) is 17.5. The van der Waals surface area contributed by atoms with Gasteiger partial charge in [0.05, 0.1) is 6.42 Å². The van der Waals surface area contributed by atoms with Crippen LogP contribution in [0.15, 0.2) is 42.5 Å². The van der Waals surface area contributed by atoms with Gasteiger partial charge in [-0.25, -0.2) is 0 Å². The molecule has 8 heteroatoms. The van der Waals surface area contributed by atoms with Gasteiger partial charge in [0.2, 0.25) is 0 Å². The van der Waals surface area contributed by atoms with Crippen molar-refractivity contribution in [2.45, 2.75) is 32.4 Å². The maximum absolute atomic E-state index is 12.9. The highest BCUT2D eigenvalue weighted by atomic mass is 35.5. The molecule has 0 saturated carbocycles. The smallest absolute Gasteiger partial charge is 0.315 e. The van der Waals surface area contributed by atoms with Crippen molar-refractivity contribution >= 4 is 40.8 Å². The number of benzene rings is 2. The number of nitrogens with zero attached hydrogens (tertiary/aromatic N) is 2. The summed E-state index contributed by atoms with van der Waals surface area (Å²) in [7, 11) is 0. The normalized spacial score (nSPS) is 20.6. The van der Waals surface area contributed by atoms with E-state index in [-0.39, 0.29) is 24.5 Å². The van der Waals surface area contributed by atoms with E-state index in [0.29, 0.717) is 29.5 Å². The van der Waals surface area contributed by atoms with Crippen LogP contribution in [0, 0.1) is 0 Å². The molecule has 0 spiro atoms. The number of ether oxygens (including phenoxy) is 1. The fourth-order valence-electron chi connectivity index (χ4n) is 4.08. The summed E-state index contributed by atoms with van der Waals surface area (Å²) in [6.45, 7) is 5.08. The topological polar surface area (TPSA) is 79.0 Å². The third kappa shape index (κ3) is 3.98. The SMILES string of the molecule is C[C@@H]1CN(c2ccc(Cl)cc2)C[C@H](C)N1C(=O)C(=O)Nc1ccc2c(c1)OC(=O)C2. The zero-order chi connectivity index (χ0) is 21.4. The second-order valence-electron chi connectivity index (χ2n) is 7.72. The van der Waals surface area contributed by atoms with Crippen molar-refractivity contribution in [2.75, 3.05) is 23.3 Å². The number of anilines is 2. The lowest BCUT2D eigenvalue weighted by atomic mass is 10.1. The summed E-state index contributed by atoms with van der Waals surface area (Å²) in [6.07, 6.45) is 0.218. The molecule has 30 heavy (non-hydrogen) atoms. The highest BCUT2D eigenvalue weighted by Gasteiger charge is 2.36. The quantitative estimate of drug-likeness (QED) is 0.453. The van der Waals surface area contributed by atoms with E-state index in [1.807, 2.05) is 38.1 Å². The van der Waals surface area contributed by atoms with E-state index in [0.717, 1.165) is 11.3 Å². The molecule has 2 aromatic carbocycles. The standard InChI is InChI=1S/C22H22ClN3O4/c1-13-11-25(18-7-4-16(23)5-8-18)12-14(2)26(13)22(29)21(28)24-17-6-3-15-9-20(27)30-19(15)10-17/h3-8,10,13-14H,9,11-12H2,1-2H3,(H,24,28)/t13-,14+. The monoisotopic (exact) mass is 427 g/mol. The molecule has 1 saturated heterocycles. The lowest BCUT2D eigenvalue weighted by Crippen LogP contribution is -2.60. The molecule has 0 unspecified atom stereocenters. The Bertz CT molecular complexity index is 996. The summed E-state index contributed by atoms with van der Waals surface area (Å²) in [6, 6.07) is 12.2. The number of rotatable bonds is 2. The maximum atomic E-state index is 12.9. The van der Waals surface area contributed by atoms with Gasteiger partial charge in [-0.2, -0.15) is 0 Å². The number of esters is 1.